The third-order valence-corrected chi connectivity index (χ3v) is 1.85. The molecule has 9 heavy (non-hydrogen) atoms. The Morgan fingerprint density at radius 1 is 1.44 bits per heavy atom. The van der Waals surface area contributed by atoms with Crippen LogP contribution in [-0.4, -0.2) is 11.2 Å². The topological polar surface area (TPSA) is 20.2 Å². The summed E-state index contributed by atoms with van der Waals surface area (Å²) in [6, 6.07) is 0. The van der Waals surface area contributed by atoms with Gasteiger partial charge in [0, 0.05) is 5.92 Å². The van der Waals surface area contributed by atoms with Crippen molar-refractivity contribution in [2.45, 2.75) is 31.8 Å². The summed E-state index contributed by atoms with van der Waals surface area (Å²) >= 11 is 0. The summed E-state index contributed by atoms with van der Waals surface area (Å²) in [5.41, 5.74) is 0. The lowest BCUT2D eigenvalue weighted by atomic mass is 9.88. The second-order valence-electron chi connectivity index (χ2n) is 2.66. The first-order valence-corrected chi connectivity index (χ1v) is 3.43. The van der Waals surface area contributed by atoms with Crippen molar-refractivity contribution in [3.63, 3.8) is 0 Å². The maximum atomic E-state index is 9.09. The van der Waals surface area contributed by atoms with Gasteiger partial charge < -0.3 is 5.11 Å². The van der Waals surface area contributed by atoms with E-state index in [4.69, 9.17) is 11.5 Å². The molecule has 0 aromatic rings. The molecule has 1 aliphatic rings. The number of aliphatic hydroxyl groups excluding tert-OH is 1. The van der Waals surface area contributed by atoms with Gasteiger partial charge in [-0.2, -0.15) is 0 Å². The van der Waals surface area contributed by atoms with Crippen molar-refractivity contribution in [3.05, 3.63) is 6.42 Å². The van der Waals surface area contributed by atoms with E-state index in [0.29, 0.717) is 0 Å². The van der Waals surface area contributed by atoms with E-state index < -0.39 is 0 Å². The molecular formula is C8H11O. The Morgan fingerprint density at radius 3 is 2.67 bits per heavy atom. The first-order valence-electron chi connectivity index (χ1n) is 3.43. The molecule has 0 saturated heterocycles. The molecule has 0 aromatic carbocycles. The van der Waals surface area contributed by atoms with Crippen LogP contribution < -0.4 is 0 Å². The van der Waals surface area contributed by atoms with Crippen LogP contribution in [0.4, 0.5) is 0 Å². The van der Waals surface area contributed by atoms with E-state index in [1.807, 2.05) is 0 Å². The van der Waals surface area contributed by atoms with Crippen LogP contribution in [0, 0.1) is 18.3 Å². The molecule has 1 rings (SSSR count). The van der Waals surface area contributed by atoms with Crippen LogP contribution in [0.25, 0.3) is 0 Å². The van der Waals surface area contributed by atoms with Gasteiger partial charge in [0.2, 0.25) is 0 Å². The van der Waals surface area contributed by atoms with E-state index in [1.54, 1.807) is 0 Å². The maximum Gasteiger partial charge on any atom is 0.0552 e. The van der Waals surface area contributed by atoms with Crippen molar-refractivity contribution in [2.75, 3.05) is 0 Å². The second kappa shape index (κ2) is 2.89. The lowest BCUT2D eigenvalue weighted by Crippen LogP contribution is -2.17. The molecule has 1 nitrogen and oxygen atoms in total. The molecule has 0 heterocycles. The number of aliphatic hydroxyl groups is 1. The molecule has 1 N–H and O–H groups in total. The standard InChI is InChI=1S/C8H11O/c1-2-7-4-3-5-8(9)6-7/h7-9H,3-6H2. The van der Waals surface area contributed by atoms with E-state index in [0.717, 1.165) is 25.7 Å². The quantitative estimate of drug-likeness (QED) is 0.479. The van der Waals surface area contributed by atoms with Crippen molar-refractivity contribution in [3.8, 4) is 5.92 Å². The van der Waals surface area contributed by atoms with Gasteiger partial charge in [0.25, 0.3) is 0 Å². The Kier molecular flexibility index (Phi) is 2.13. The molecule has 1 fully saturated rings. The van der Waals surface area contributed by atoms with E-state index in [-0.39, 0.29) is 12.0 Å². The highest BCUT2D eigenvalue weighted by Gasteiger charge is 2.17. The molecule has 1 heteroatoms. The fourth-order valence-electron chi connectivity index (χ4n) is 1.30. The van der Waals surface area contributed by atoms with Gasteiger partial charge in [-0.15, -0.1) is 0 Å². The highest BCUT2D eigenvalue weighted by Crippen LogP contribution is 2.22. The smallest absolute Gasteiger partial charge is 0.0552 e. The van der Waals surface area contributed by atoms with Gasteiger partial charge in [-0.1, -0.05) is 5.92 Å². The van der Waals surface area contributed by atoms with E-state index in [1.165, 1.54) is 0 Å². The Morgan fingerprint density at radius 2 is 2.22 bits per heavy atom. The molecule has 0 aliphatic heterocycles. The van der Waals surface area contributed by atoms with E-state index in [9.17, 15) is 0 Å². The summed E-state index contributed by atoms with van der Waals surface area (Å²) < 4.78 is 0. The fourth-order valence-corrected chi connectivity index (χ4v) is 1.30. The van der Waals surface area contributed by atoms with Crippen molar-refractivity contribution >= 4 is 0 Å². The molecule has 0 spiro atoms. The minimum absolute atomic E-state index is 0.165. The average molecular weight is 123 g/mol. The highest BCUT2D eigenvalue weighted by molar-refractivity contribution is 4.90. The first-order chi connectivity index (χ1) is 4.33. The van der Waals surface area contributed by atoms with Crippen molar-refractivity contribution in [1.29, 1.82) is 0 Å². The zero-order chi connectivity index (χ0) is 6.69. The summed E-state index contributed by atoms with van der Waals surface area (Å²) in [5.74, 6) is 2.65. The van der Waals surface area contributed by atoms with Gasteiger partial charge in [0.15, 0.2) is 0 Å². The third-order valence-electron chi connectivity index (χ3n) is 1.85. The van der Waals surface area contributed by atoms with Crippen molar-refractivity contribution < 1.29 is 5.11 Å². The number of rotatable bonds is 0. The SMILES string of the molecule is [C]#CC1CCCC(O)C1. The molecule has 49 valence electrons. The largest absolute Gasteiger partial charge is 0.393 e. The van der Waals surface area contributed by atoms with Gasteiger partial charge in [0.05, 0.1) is 6.10 Å². The summed E-state index contributed by atoms with van der Waals surface area (Å²) in [5, 5.41) is 9.09. The van der Waals surface area contributed by atoms with Gasteiger partial charge in [-0.05, 0) is 32.1 Å². The minimum atomic E-state index is -0.165. The molecule has 1 radical (unpaired) electrons. The normalized spacial score (nSPS) is 35.6. The lowest BCUT2D eigenvalue weighted by Gasteiger charge is -2.20. The van der Waals surface area contributed by atoms with Gasteiger partial charge in [-0.3, -0.25) is 0 Å². The third kappa shape index (κ3) is 1.73. The zero-order valence-corrected chi connectivity index (χ0v) is 5.43. The monoisotopic (exact) mass is 123 g/mol. The minimum Gasteiger partial charge on any atom is -0.393 e. The van der Waals surface area contributed by atoms with Gasteiger partial charge >= 0.3 is 0 Å². The van der Waals surface area contributed by atoms with Crippen molar-refractivity contribution in [1.82, 2.24) is 0 Å². The predicted molar refractivity (Wildman–Crippen MR) is 35.1 cm³/mol. The van der Waals surface area contributed by atoms with Crippen LogP contribution in [-0.2, 0) is 0 Å². The maximum absolute atomic E-state index is 9.09. The molecular weight excluding hydrogens is 112 g/mol. The lowest BCUT2D eigenvalue weighted by molar-refractivity contribution is 0.115. The zero-order valence-electron chi connectivity index (χ0n) is 5.43. The Balaban J connectivity index is 2.34. The first kappa shape index (κ1) is 6.64. The Bertz CT molecular complexity index is 123. The molecule has 1 aliphatic carbocycles. The van der Waals surface area contributed by atoms with E-state index in [2.05, 4.69) is 5.92 Å². The number of hydrogen-bond donors (Lipinski definition) is 1. The Labute approximate surface area is 56.1 Å². The van der Waals surface area contributed by atoms with Crippen LogP contribution in [0.3, 0.4) is 0 Å². The van der Waals surface area contributed by atoms with Crippen LogP contribution in [0.2, 0.25) is 0 Å². The van der Waals surface area contributed by atoms with Crippen LogP contribution in [0.1, 0.15) is 25.7 Å². The number of hydrogen-bond acceptors (Lipinski definition) is 1. The van der Waals surface area contributed by atoms with Crippen LogP contribution >= 0.6 is 0 Å². The van der Waals surface area contributed by atoms with E-state index >= 15 is 0 Å². The molecule has 2 atom stereocenters. The molecule has 0 bridgehead atoms. The highest BCUT2D eigenvalue weighted by atomic mass is 16.3. The van der Waals surface area contributed by atoms with Crippen LogP contribution in [0.5, 0.6) is 0 Å². The predicted octanol–water partition coefficient (Wildman–Crippen LogP) is 1.13. The Hall–Kier alpha value is -0.480. The molecule has 0 aromatic heterocycles. The van der Waals surface area contributed by atoms with Gasteiger partial charge in [0.1, 0.15) is 0 Å². The molecule has 1 saturated carbocycles. The molecule has 0 amide bonds. The van der Waals surface area contributed by atoms with Crippen molar-refractivity contribution in [2.24, 2.45) is 5.92 Å². The fraction of sp³-hybridized carbons (Fsp3) is 0.750. The van der Waals surface area contributed by atoms with Crippen LogP contribution in [0.15, 0.2) is 0 Å². The summed E-state index contributed by atoms with van der Waals surface area (Å²) in [6.07, 6.45) is 10.4. The average Bonchev–Trinajstić information content (AvgIpc) is 1.88. The summed E-state index contributed by atoms with van der Waals surface area (Å²) in [7, 11) is 0. The second-order valence-corrected chi connectivity index (χ2v) is 2.66. The summed E-state index contributed by atoms with van der Waals surface area (Å²) in [4.78, 5) is 0. The molecule has 2 unspecified atom stereocenters. The van der Waals surface area contributed by atoms with Gasteiger partial charge in [-0.25, -0.2) is 0 Å². The summed E-state index contributed by atoms with van der Waals surface area (Å²) in [6.45, 7) is 0.